The summed E-state index contributed by atoms with van der Waals surface area (Å²) in [5.74, 6) is 0. The van der Waals surface area contributed by atoms with E-state index in [4.69, 9.17) is 0 Å². The van der Waals surface area contributed by atoms with Gasteiger partial charge in [-0.2, -0.15) is 0 Å². The summed E-state index contributed by atoms with van der Waals surface area (Å²) in [6, 6.07) is 46.9. The Morgan fingerprint density at radius 1 is 0.280 bits per heavy atom. The van der Waals surface area contributed by atoms with Gasteiger partial charge in [-0.15, -0.1) is 0 Å². The highest BCUT2D eigenvalue weighted by atomic mass is 79.9. The summed E-state index contributed by atoms with van der Waals surface area (Å²) < 4.78 is 2.13. The molecule has 0 atom stereocenters. The normalized spacial score (nSPS) is 11.4. The third-order valence-corrected chi connectivity index (χ3v) is 10.2. The fraction of sp³-hybridized carbons (Fsp3) is 0. The molecular formula is C44H26Br2N4. The van der Waals surface area contributed by atoms with Crippen LogP contribution in [0.4, 0.5) is 0 Å². The summed E-state index contributed by atoms with van der Waals surface area (Å²) in [7, 11) is 0. The number of nitrogens with zero attached hydrogens (tertiary/aromatic N) is 4. The van der Waals surface area contributed by atoms with Crippen molar-refractivity contribution in [3.05, 3.63) is 167 Å². The number of benzene rings is 8. The van der Waals surface area contributed by atoms with Crippen molar-refractivity contribution in [3.63, 3.8) is 0 Å². The number of hydrogen-bond donors (Lipinski definition) is 0. The minimum Gasteiger partial charge on any atom is -0.252 e. The highest BCUT2D eigenvalue weighted by molar-refractivity contribution is 9.10. The van der Waals surface area contributed by atoms with Gasteiger partial charge in [-0.3, -0.25) is 19.9 Å². The maximum Gasteiger partial charge on any atom is 0.0971 e. The summed E-state index contributed by atoms with van der Waals surface area (Å²) in [5.41, 5.74) is 8.64. The molecule has 0 aliphatic heterocycles. The molecule has 0 spiro atoms. The van der Waals surface area contributed by atoms with E-state index >= 15 is 0 Å². The number of aromatic nitrogens is 4. The SMILES string of the molecule is Brc1ccc2c(c1)c1cc(Br)ccc1c1nccnc21.c1ccc(-c2ccc3c(c2)c2cc(-c4ccccc4)ccc2c2nccnc32)cc1. The van der Waals surface area contributed by atoms with E-state index in [0.717, 1.165) is 52.6 Å². The van der Waals surface area contributed by atoms with E-state index in [0.29, 0.717) is 0 Å². The van der Waals surface area contributed by atoms with E-state index in [1.54, 1.807) is 24.8 Å². The van der Waals surface area contributed by atoms with Crippen molar-refractivity contribution in [2.24, 2.45) is 0 Å². The van der Waals surface area contributed by atoms with Crippen LogP contribution in [-0.2, 0) is 0 Å². The topological polar surface area (TPSA) is 51.6 Å². The largest absolute Gasteiger partial charge is 0.252 e. The van der Waals surface area contributed by atoms with Crippen LogP contribution >= 0.6 is 31.9 Å². The second-order valence-corrected chi connectivity index (χ2v) is 14.0. The molecule has 4 nitrogen and oxygen atoms in total. The fourth-order valence-corrected chi connectivity index (χ4v) is 7.65. The molecule has 0 bridgehead atoms. The molecule has 2 aromatic heterocycles. The number of hydrogen-bond acceptors (Lipinski definition) is 4. The number of fused-ring (bicyclic) bond motifs is 12. The Balaban J connectivity index is 0.000000146. The van der Waals surface area contributed by atoms with Crippen LogP contribution in [0.5, 0.6) is 0 Å². The van der Waals surface area contributed by atoms with Crippen LogP contribution < -0.4 is 0 Å². The van der Waals surface area contributed by atoms with Gasteiger partial charge in [0.2, 0.25) is 0 Å². The molecule has 236 valence electrons. The van der Waals surface area contributed by atoms with Gasteiger partial charge in [-0.1, -0.05) is 129 Å². The maximum atomic E-state index is 4.68. The maximum absolute atomic E-state index is 4.68. The first-order chi connectivity index (χ1) is 24.6. The zero-order chi connectivity index (χ0) is 33.6. The Morgan fingerprint density at radius 3 is 0.960 bits per heavy atom. The summed E-state index contributed by atoms with van der Waals surface area (Å²) in [5, 5.41) is 9.30. The minimum atomic E-state index is 0.949. The van der Waals surface area contributed by atoms with E-state index in [2.05, 4.69) is 173 Å². The summed E-state index contributed by atoms with van der Waals surface area (Å²) in [6.45, 7) is 0. The zero-order valence-corrected chi connectivity index (χ0v) is 29.7. The van der Waals surface area contributed by atoms with Crippen LogP contribution in [0.15, 0.2) is 167 Å². The summed E-state index contributed by atoms with van der Waals surface area (Å²) >= 11 is 7.11. The molecule has 0 unspecified atom stereocenters. The van der Waals surface area contributed by atoms with Crippen molar-refractivity contribution < 1.29 is 0 Å². The Bertz CT molecular complexity index is 2700. The van der Waals surface area contributed by atoms with E-state index in [1.807, 2.05) is 12.1 Å². The van der Waals surface area contributed by atoms with Crippen molar-refractivity contribution in [2.75, 3.05) is 0 Å². The van der Waals surface area contributed by atoms with Gasteiger partial charge in [-0.25, -0.2) is 0 Å². The number of halogens is 2. The molecule has 0 saturated carbocycles. The molecule has 2 heterocycles. The standard InChI is InChI=1S/C28H18N2.C16H8Br2N2/c1-3-7-19(8-4-1)21-11-13-23-25(17-21)26-18-22(20-9-5-2-6-10-20)12-14-24(26)28-27(23)29-15-16-30-28;17-9-1-3-11-13(7-9)14-8-10(18)2-4-12(14)16-15(11)19-5-6-20-16/h1-18H;1-8H. The fourth-order valence-electron chi connectivity index (χ4n) is 6.92. The molecule has 0 fully saturated rings. The highest BCUT2D eigenvalue weighted by Crippen LogP contribution is 2.38. The second kappa shape index (κ2) is 12.7. The molecule has 0 radical (unpaired) electrons. The van der Waals surface area contributed by atoms with Crippen molar-refractivity contribution in [1.82, 2.24) is 19.9 Å². The van der Waals surface area contributed by atoms with Gasteiger partial charge in [0, 0.05) is 55.3 Å². The first-order valence-corrected chi connectivity index (χ1v) is 17.8. The monoisotopic (exact) mass is 768 g/mol. The van der Waals surface area contributed by atoms with Crippen LogP contribution in [0.25, 0.3) is 87.4 Å². The quantitative estimate of drug-likeness (QED) is 0.164. The average molecular weight is 771 g/mol. The van der Waals surface area contributed by atoms with Crippen LogP contribution in [-0.4, -0.2) is 19.9 Å². The van der Waals surface area contributed by atoms with Gasteiger partial charge in [0.25, 0.3) is 0 Å². The molecule has 10 aromatic rings. The van der Waals surface area contributed by atoms with Crippen LogP contribution in [0.1, 0.15) is 0 Å². The lowest BCUT2D eigenvalue weighted by atomic mass is 9.93. The molecule has 0 N–H and O–H groups in total. The Morgan fingerprint density at radius 2 is 0.600 bits per heavy atom. The first kappa shape index (κ1) is 30.5. The highest BCUT2D eigenvalue weighted by Gasteiger charge is 2.13. The lowest BCUT2D eigenvalue weighted by Gasteiger charge is -2.12. The van der Waals surface area contributed by atoms with Crippen molar-refractivity contribution in [3.8, 4) is 22.3 Å². The smallest absolute Gasteiger partial charge is 0.0971 e. The molecule has 50 heavy (non-hydrogen) atoms. The third-order valence-electron chi connectivity index (χ3n) is 9.21. The first-order valence-electron chi connectivity index (χ1n) is 16.2. The molecule has 0 saturated heterocycles. The second-order valence-electron chi connectivity index (χ2n) is 12.1. The molecule has 6 heteroatoms. The van der Waals surface area contributed by atoms with Crippen LogP contribution in [0, 0.1) is 0 Å². The van der Waals surface area contributed by atoms with Gasteiger partial charge in [-0.05, 0) is 80.2 Å². The zero-order valence-electron chi connectivity index (χ0n) is 26.6. The van der Waals surface area contributed by atoms with Crippen molar-refractivity contribution >= 4 is 97.0 Å². The van der Waals surface area contributed by atoms with Crippen LogP contribution in [0.2, 0.25) is 0 Å². The molecule has 10 rings (SSSR count). The molecule has 0 aliphatic carbocycles. The molecule has 0 amide bonds. The minimum absolute atomic E-state index is 0.949. The third kappa shape index (κ3) is 5.38. The Kier molecular flexibility index (Phi) is 7.76. The lowest BCUT2D eigenvalue weighted by molar-refractivity contribution is 1.31. The number of rotatable bonds is 2. The predicted octanol–water partition coefficient (Wildman–Crippen LogP) is 12.7. The van der Waals surface area contributed by atoms with Gasteiger partial charge < -0.3 is 0 Å². The van der Waals surface area contributed by atoms with Gasteiger partial charge in [0.05, 0.1) is 22.1 Å². The molecule has 0 aliphatic rings. The van der Waals surface area contributed by atoms with Crippen LogP contribution in [0.3, 0.4) is 0 Å². The molecule has 8 aromatic carbocycles. The summed E-state index contributed by atoms with van der Waals surface area (Å²) in [4.78, 5) is 18.4. The average Bonchev–Trinajstić information content (AvgIpc) is 3.18. The van der Waals surface area contributed by atoms with Gasteiger partial charge >= 0.3 is 0 Å². The predicted molar refractivity (Wildman–Crippen MR) is 215 cm³/mol. The summed E-state index contributed by atoms with van der Waals surface area (Å²) in [6.07, 6.45) is 7.04. The van der Waals surface area contributed by atoms with Crippen molar-refractivity contribution in [1.29, 1.82) is 0 Å². The van der Waals surface area contributed by atoms with E-state index in [1.165, 1.54) is 43.8 Å². The Labute approximate surface area is 304 Å². The van der Waals surface area contributed by atoms with E-state index < -0.39 is 0 Å². The van der Waals surface area contributed by atoms with Crippen molar-refractivity contribution in [2.45, 2.75) is 0 Å². The Hall–Kier alpha value is -5.56. The molecular weight excluding hydrogens is 744 g/mol. The lowest BCUT2D eigenvalue weighted by Crippen LogP contribution is -1.90. The van der Waals surface area contributed by atoms with Gasteiger partial charge in [0.15, 0.2) is 0 Å². The van der Waals surface area contributed by atoms with E-state index in [-0.39, 0.29) is 0 Å². The van der Waals surface area contributed by atoms with Gasteiger partial charge in [0.1, 0.15) is 0 Å². The van der Waals surface area contributed by atoms with E-state index in [9.17, 15) is 0 Å².